The van der Waals surface area contributed by atoms with E-state index in [9.17, 15) is 4.79 Å². The Hall–Kier alpha value is -0.810. The Morgan fingerprint density at radius 2 is 2.46 bits per heavy atom. The normalized spacial score (nSPS) is 28.4. The van der Waals surface area contributed by atoms with Gasteiger partial charge in [-0.3, -0.25) is 0 Å². The summed E-state index contributed by atoms with van der Waals surface area (Å²) in [6, 6.07) is 0.0304. The summed E-state index contributed by atoms with van der Waals surface area (Å²) in [6.45, 7) is 1.21. The Bertz CT molecular complexity index is 173. The molecular formula is C8H16N2O3. The minimum Gasteiger partial charge on any atom is -0.465 e. The Balaban J connectivity index is 2.28. The van der Waals surface area contributed by atoms with Crippen LogP contribution in [0.3, 0.4) is 0 Å². The van der Waals surface area contributed by atoms with E-state index in [0.717, 1.165) is 19.3 Å². The molecule has 76 valence electrons. The summed E-state index contributed by atoms with van der Waals surface area (Å²) in [5.41, 5.74) is 5.39. The average molecular weight is 188 g/mol. The van der Waals surface area contributed by atoms with Gasteiger partial charge in [-0.05, 0) is 25.8 Å². The van der Waals surface area contributed by atoms with Crippen LogP contribution in [0, 0.1) is 0 Å². The third-order valence-electron chi connectivity index (χ3n) is 2.18. The molecule has 0 saturated carbocycles. The Labute approximate surface area is 77.2 Å². The lowest BCUT2D eigenvalue weighted by Crippen LogP contribution is -2.41. The third kappa shape index (κ3) is 3.61. The first-order chi connectivity index (χ1) is 6.22. The van der Waals surface area contributed by atoms with Crippen LogP contribution in [-0.2, 0) is 4.74 Å². The maximum absolute atomic E-state index is 10.4. The molecule has 1 heterocycles. The SMILES string of the molecule is NCCC1CC(NC(=O)O)CCO1. The molecule has 5 nitrogen and oxygen atoms in total. The highest BCUT2D eigenvalue weighted by Gasteiger charge is 2.22. The molecule has 0 aliphatic carbocycles. The van der Waals surface area contributed by atoms with E-state index < -0.39 is 6.09 Å². The number of carboxylic acid groups (broad SMARTS) is 1. The van der Waals surface area contributed by atoms with Crippen LogP contribution in [-0.4, -0.2) is 36.5 Å². The number of hydrogen-bond donors (Lipinski definition) is 3. The molecule has 1 fully saturated rings. The quantitative estimate of drug-likeness (QED) is 0.588. The molecule has 1 aliphatic rings. The Morgan fingerprint density at radius 3 is 3.08 bits per heavy atom. The Morgan fingerprint density at radius 1 is 1.69 bits per heavy atom. The highest BCUT2D eigenvalue weighted by molar-refractivity contribution is 5.64. The highest BCUT2D eigenvalue weighted by Crippen LogP contribution is 2.15. The van der Waals surface area contributed by atoms with E-state index in [-0.39, 0.29) is 12.1 Å². The number of amides is 1. The lowest BCUT2D eigenvalue weighted by molar-refractivity contribution is -0.000470. The summed E-state index contributed by atoms with van der Waals surface area (Å²) in [5, 5.41) is 11.0. The van der Waals surface area contributed by atoms with Crippen LogP contribution in [0.15, 0.2) is 0 Å². The van der Waals surface area contributed by atoms with Gasteiger partial charge < -0.3 is 20.9 Å². The van der Waals surface area contributed by atoms with Gasteiger partial charge in [-0.2, -0.15) is 0 Å². The van der Waals surface area contributed by atoms with Crippen LogP contribution in [0.5, 0.6) is 0 Å². The van der Waals surface area contributed by atoms with Crippen molar-refractivity contribution in [3.63, 3.8) is 0 Å². The highest BCUT2D eigenvalue weighted by atomic mass is 16.5. The molecule has 13 heavy (non-hydrogen) atoms. The monoisotopic (exact) mass is 188 g/mol. The molecule has 5 heteroatoms. The van der Waals surface area contributed by atoms with E-state index in [1.54, 1.807) is 0 Å². The van der Waals surface area contributed by atoms with Crippen LogP contribution in [0.1, 0.15) is 19.3 Å². The Kier molecular flexibility index (Phi) is 3.98. The first-order valence-corrected chi connectivity index (χ1v) is 4.53. The number of nitrogens with one attached hydrogen (secondary N) is 1. The molecule has 1 aliphatic heterocycles. The molecular weight excluding hydrogens is 172 g/mol. The van der Waals surface area contributed by atoms with Gasteiger partial charge >= 0.3 is 6.09 Å². The van der Waals surface area contributed by atoms with Crippen molar-refractivity contribution in [2.45, 2.75) is 31.4 Å². The number of carbonyl (C=O) groups is 1. The minimum absolute atomic E-state index is 0.0304. The number of ether oxygens (including phenoxy) is 1. The largest absolute Gasteiger partial charge is 0.465 e. The van der Waals surface area contributed by atoms with Crippen molar-refractivity contribution in [2.75, 3.05) is 13.2 Å². The fourth-order valence-corrected chi connectivity index (χ4v) is 1.57. The lowest BCUT2D eigenvalue weighted by Gasteiger charge is -2.29. The third-order valence-corrected chi connectivity index (χ3v) is 2.18. The maximum atomic E-state index is 10.4. The zero-order valence-electron chi connectivity index (χ0n) is 7.53. The second-order valence-electron chi connectivity index (χ2n) is 3.24. The second kappa shape index (κ2) is 5.04. The molecule has 0 spiro atoms. The van der Waals surface area contributed by atoms with Gasteiger partial charge in [0.15, 0.2) is 0 Å². The molecule has 4 N–H and O–H groups in total. The topological polar surface area (TPSA) is 84.6 Å². The van der Waals surface area contributed by atoms with E-state index in [1.165, 1.54) is 0 Å². The van der Waals surface area contributed by atoms with E-state index in [1.807, 2.05) is 0 Å². The number of nitrogens with two attached hydrogens (primary N) is 1. The van der Waals surface area contributed by atoms with Crippen molar-refractivity contribution in [1.82, 2.24) is 5.32 Å². The molecule has 0 bridgehead atoms. The summed E-state index contributed by atoms with van der Waals surface area (Å²) in [4.78, 5) is 10.4. The maximum Gasteiger partial charge on any atom is 0.404 e. The van der Waals surface area contributed by atoms with Gasteiger partial charge in [-0.25, -0.2) is 4.79 Å². The molecule has 1 rings (SSSR count). The molecule has 0 aromatic heterocycles. The van der Waals surface area contributed by atoms with Crippen LogP contribution in [0.4, 0.5) is 4.79 Å². The van der Waals surface area contributed by atoms with Crippen molar-refractivity contribution in [2.24, 2.45) is 5.73 Å². The van der Waals surface area contributed by atoms with Crippen LogP contribution in [0.2, 0.25) is 0 Å². The van der Waals surface area contributed by atoms with E-state index in [4.69, 9.17) is 15.6 Å². The van der Waals surface area contributed by atoms with Crippen molar-refractivity contribution in [3.8, 4) is 0 Å². The first kappa shape index (κ1) is 10.3. The van der Waals surface area contributed by atoms with Gasteiger partial charge in [-0.1, -0.05) is 0 Å². The summed E-state index contributed by atoms with van der Waals surface area (Å²) >= 11 is 0. The minimum atomic E-state index is -0.960. The van der Waals surface area contributed by atoms with Gasteiger partial charge in [0.1, 0.15) is 0 Å². The van der Waals surface area contributed by atoms with E-state index in [0.29, 0.717) is 13.2 Å². The van der Waals surface area contributed by atoms with Crippen LogP contribution in [0.25, 0.3) is 0 Å². The van der Waals surface area contributed by atoms with Gasteiger partial charge in [0.05, 0.1) is 6.10 Å². The average Bonchev–Trinajstić information content (AvgIpc) is 2.04. The molecule has 0 aromatic carbocycles. The summed E-state index contributed by atoms with van der Waals surface area (Å²) in [7, 11) is 0. The molecule has 1 saturated heterocycles. The second-order valence-corrected chi connectivity index (χ2v) is 3.24. The summed E-state index contributed by atoms with van der Waals surface area (Å²) < 4.78 is 5.42. The predicted molar refractivity (Wildman–Crippen MR) is 47.6 cm³/mol. The van der Waals surface area contributed by atoms with Gasteiger partial charge in [0, 0.05) is 12.6 Å². The molecule has 0 radical (unpaired) electrons. The van der Waals surface area contributed by atoms with Crippen molar-refractivity contribution in [3.05, 3.63) is 0 Å². The van der Waals surface area contributed by atoms with Gasteiger partial charge in [0.2, 0.25) is 0 Å². The van der Waals surface area contributed by atoms with E-state index >= 15 is 0 Å². The fourth-order valence-electron chi connectivity index (χ4n) is 1.57. The zero-order valence-corrected chi connectivity index (χ0v) is 7.53. The van der Waals surface area contributed by atoms with Crippen molar-refractivity contribution < 1.29 is 14.6 Å². The van der Waals surface area contributed by atoms with Gasteiger partial charge in [0.25, 0.3) is 0 Å². The smallest absolute Gasteiger partial charge is 0.404 e. The number of hydrogen-bond acceptors (Lipinski definition) is 3. The molecule has 2 atom stereocenters. The molecule has 0 aromatic rings. The molecule has 2 unspecified atom stereocenters. The standard InChI is InChI=1S/C8H16N2O3/c9-3-1-7-5-6(2-4-13-7)10-8(11)12/h6-7,10H,1-5,9H2,(H,11,12). The van der Waals surface area contributed by atoms with Crippen molar-refractivity contribution >= 4 is 6.09 Å². The van der Waals surface area contributed by atoms with Crippen molar-refractivity contribution in [1.29, 1.82) is 0 Å². The summed E-state index contributed by atoms with van der Waals surface area (Å²) in [6.07, 6.45) is 1.46. The van der Waals surface area contributed by atoms with Gasteiger partial charge in [-0.15, -0.1) is 0 Å². The molecule has 1 amide bonds. The van der Waals surface area contributed by atoms with Crippen LogP contribution < -0.4 is 11.1 Å². The fraction of sp³-hybridized carbons (Fsp3) is 0.875. The predicted octanol–water partition coefficient (Wildman–Crippen LogP) is 0.150. The van der Waals surface area contributed by atoms with E-state index in [2.05, 4.69) is 5.32 Å². The number of rotatable bonds is 3. The zero-order chi connectivity index (χ0) is 9.68. The first-order valence-electron chi connectivity index (χ1n) is 4.53. The summed E-state index contributed by atoms with van der Waals surface area (Å²) in [5.74, 6) is 0. The van der Waals surface area contributed by atoms with Crippen LogP contribution >= 0.6 is 0 Å². The lowest BCUT2D eigenvalue weighted by atomic mass is 10.0.